The second kappa shape index (κ2) is 15.6. The van der Waals surface area contributed by atoms with E-state index in [1.165, 1.54) is 64.6 Å². The van der Waals surface area contributed by atoms with Crippen molar-refractivity contribution in [3.8, 4) is 0 Å². The standard InChI is InChI=1S/C23H44N4O2.HI/c1-2-24-23(25-12-6-15-28-18-21-11-16-29-19-21)26-22-9-13-27(14-10-22)17-20-7-4-3-5-8-20;/h20-22H,2-19H2,1H3,(H2,24,25,26);1H. The Morgan fingerprint density at radius 2 is 1.87 bits per heavy atom. The Morgan fingerprint density at radius 1 is 1.07 bits per heavy atom. The normalized spacial score (nSPS) is 24.6. The highest BCUT2D eigenvalue weighted by Gasteiger charge is 2.23. The summed E-state index contributed by atoms with van der Waals surface area (Å²) in [6.45, 7) is 11.0. The lowest BCUT2D eigenvalue weighted by atomic mass is 9.88. The van der Waals surface area contributed by atoms with Gasteiger partial charge in [-0.3, -0.25) is 4.99 Å². The average molecular weight is 537 g/mol. The predicted molar refractivity (Wildman–Crippen MR) is 135 cm³/mol. The molecular weight excluding hydrogens is 491 g/mol. The minimum absolute atomic E-state index is 0. The van der Waals surface area contributed by atoms with E-state index in [0.29, 0.717) is 12.0 Å². The lowest BCUT2D eigenvalue weighted by molar-refractivity contribution is 0.0893. The van der Waals surface area contributed by atoms with Crippen molar-refractivity contribution < 1.29 is 9.47 Å². The number of likely N-dealkylation sites (tertiary alicyclic amines) is 1. The number of nitrogens with one attached hydrogen (secondary N) is 2. The van der Waals surface area contributed by atoms with Gasteiger partial charge in [-0.2, -0.15) is 0 Å². The number of halogens is 1. The highest BCUT2D eigenvalue weighted by atomic mass is 127. The Bertz CT molecular complexity index is 460. The quantitative estimate of drug-likeness (QED) is 0.193. The van der Waals surface area contributed by atoms with Crippen molar-refractivity contribution in [3.05, 3.63) is 0 Å². The van der Waals surface area contributed by atoms with E-state index in [9.17, 15) is 0 Å². The molecule has 2 aliphatic heterocycles. The van der Waals surface area contributed by atoms with Crippen LogP contribution in [0.5, 0.6) is 0 Å². The summed E-state index contributed by atoms with van der Waals surface area (Å²) < 4.78 is 11.2. The average Bonchev–Trinajstić information content (AvgIpc) is 3.26. The summed E-state index contributed by atoms with van der Waals surface area (Å²) in [5.41, 5.74) is 0. The van der Waals surface area contributed by atoms with E-state index in [1.54, 1.807) is 0 Å². The molecule has 1 aliphatic carbocycles. The fourth-order valence-electron chi connectivity index (χ4n) is 4.83. The lowest BCUT2D eigenvalue weighted by Crippen LogP contribution is -2.49. The minimum atomic E-state index is 0. The number of guanidine groups is 1. The fraction of sp³-hybridized carbons (Fsp3) is 0.957. The van der Waals surface area contributed by atoms with Gasteiger partial charge in [0, 0.05) is 57.9 Å². The van der Waals surface area contributed by atoms with Crippen LogP contribution in [-0.4, -0.2) is 76.1 Å². The number of hydrogen-bond acceptors (Lipinski definition) is 4. The number of aliphatic imine (C=N–C) groups is 1. The third-order valence-electron chi connectivity index (χ3n) is 6.61. The zero-order valence-electron chi connectivity index (χ0n) is 19.1. The summed E-state index contributed by atoms with van der Waals surface area (Å²) in [7, 11) is 0. The summed E-state index contributed by atoms with van der Waals surface area (Å²) >= 11 is 0. The van der Waals surface area contributed by atoms with Crippen LogP contribution >= 0.6 is 24.0 Å². The molecule has 3 rings (SSSR count). The maximum absolute atomic E-state index is 5.79. The van der Waals surface area contributed by atoms with Crippen LogP contribution in [0.15, 0.2) is 4.99 Å². The molecule has 1 saturated carbocycles. The molecule has 0 aromatic carbocycles. The van der Waals surface area contributed by atoms with Crippen molar-refractivity contribution >= 4 is 29.9 Å². The van der Waals surface area contributed by atoms with Crippen LogP contribution in [0, 0.1) is 11.8 Å². The monoisotopic (exact) mass is 536 g/mol. The van der Waals surface area contributed by atoms with Gasteiger partial charge in [-0.25, -0.2) is 0 Å². The van der Waals surface area contributed by atoms with Gasteiger partial charge in [-0.15, -0.1) is 24.0 Å². The van der Waals surface area contributed by atoms with Crippen LogP contribution < -0.4 is 10.6 Å². The van der Waals surface area contributed by atoms with Crippen molar-refractivity contribution in [1.82, 2.24) is 15.5 Å². The van der Waals surface area contributed by atoms with Crippen molar-refractivity contribution in [2.45, 2.75) is 70.8 Å². The third kappa shape index (κ3) is 10.0. The van der Waals surface area contributed by atoms with Crippen molar-refractivity contribution in [2.24, 2.45) is 16.8 Å². The van der Waals surface area contributed by atoms with Gasteiger partial charge < -0.3 is 25.0 Å². The molecule has 0 amide bonds. The smallest absolute Gasteiger partial charge is 0.191 e. The summed E-state index contributed by atoms with van der Waals surface area (Å²) in [5, 5.41) is 7.08. The van der Waals surface area contributed by atoms with Crippen LogP contribution in [0.25, 0.3) is 0 Å². The minimum Gasteiger partial charge on any atom is -0.381 e. The molecule has 7 heteroatoms. The maximum atomic E-state index is 5.79. The van der Waals surface area contributed by atoms with Gasteiger partial charge >= 0.3 is 0 Å². The van der Waals surface area contributed by atoms with Crippen molar-refractivity contribution in [3.63, 3.8) is 0 Å². The third-order valence-corrected chi connectivity index (χ3v) is 6.61. The van der Waals surface area contributed by atoms with Gasteiger partial charge in [0.25, 0.3) is 0 Å². The molecule has 176 valence electrons. The summed E-state index contributed by atoms with van der Waals surface area (Å²) in [6.07, 6.45) is 11.8. The SMILES string of the molecule is CCNC(=NCCCOCC1CCOC1)NC1CCN(CC2CCCCC2)CC1.I. The molecular formula is C23H45IN4O2. The van der Waals surface area contributed by atoms with E-state index < -0.39 is 0 Å². The van der Waals surface area contributed by atoms with Crippen molar-refractivity contribution in [1.29, 1.82) is 0 Å². The lowest BCUT2D eigenvalue weighted by Gasteiger charge is -2.36. The topological polar surface area (TPSA) is 58.1 Å². The first-order valence-electron chi connectivity index (χ1n) is 12.3. The Morgan fingerprint density at radius 3 is 2.57 bits per heavy atom. The van der Waals surface area contributed by atoms with Crippen LogP contribution in [0.4, 0.5) is 0 Å². The van der Waals surface area contributed by atoms with E-state index in [2.05, 4.69) is 22.5 Å². The first kappa shape index (κ1) is 26.1. The number of piperidine rings is 1. The fourth-order valence-corrected chi connectivity index (χ4v) is 4.83. The zero-order valence-corrected chi connectivity index (χ0v) is 21.4. The molecule has 2 saturated heterocycles. The second-order valence-corrected chi connectivity index (χ2v) is 9.14. The Kier molecular flexibility index (Phi) is 13.6. The molecule has 3 aliphatic rings. The van der Waals surface area contributed by atoms with E-state index in [1.807, 2.05) is 0 Å². The summed E-state index contributed by atoms with van der Waals surface area (Å²) in [5.74, 6) is 2.53. The summed E-state index contributed by atoms with van der Waals surface area (Å²) in [4.78, 5) is 7.47. The number of rotatable bonds is 10. The number of nitrogens with zero attached hydrogens (tertiary/aromatic N) is 2. The second-order valence-electron chi connectivity index (χ2n) is 9.14. The molecule has 2 heterocycles. The first-order valence-corrected chi connectivity index (χ1v) is 12.3. The predicted octanol–water partition coefficient (Wildman–Crippen LogP) is 3.65. The Balaban J connectivity index is 0.00000320. The van der Waals surface area contributed by atoms with Crippen LogP contribution in [0.2, 0.25) is 0 Å². The Labute approximate surface area is 201 Å². The highest BCUT2D eigenvalue weighted by molar-refractivity contribution is 14.0. The van der Waals surface area contributed by atoms with Crippen LogP contribution in [-0.2, 0) is 9.47 Å². The van der Waals surface area contributed by atoms with Crippen molar-refractivity contribution in [2.75, 3.05) is 59.2 Å². The molecule has 0 bridgehead atoms. The van der Waals surface area contributed by atoms with Gasteiger partial charge in [0.15, 0.2) is 5.96 Å². The molecule has 0 aromatic heterocycles. The van der Waals surface area contributed by atoms with Gasteiger partial charge in [0.1, 0.15) is 0 Å². The number of ether oxygens (including phenoxy) is 2. The zero-order chi connectivity index (χ0) is 20.2. The largest absolute Gasteiger partial charge is 0.381 e. The van der Waals surface area contributed by atoms with Gasteiger partial charge in [0.2, 0.25) is 0 Å². The highest BCUT2D eigenvalue weighted by Crippen LogP contribution is 2.25. The molecule has 0 aromatic rings. The van der Waals surface area contributed by atoms with Gasteiger partial charge in [0.05, 0.1) is 13.2 Å². The van der Waals surface area contributed by atoms with E-state index in [-0.39, 0.29) is 24.0 Å². The van der Waals surface area contributed by atoms with E-state index in [0.717, 1.165) is 64.2 Å². The molecule has 1 atom stereocenters. The van der Waals surface area contributed by atoms with Crippen LogP contribution in [0.1, 0.15) is 64.7 Å². The van der Waals surface area contributed by atoms with E-state index >= 15 is 0 Å². The van der Waals surface area contributed by atoms with Gasteiger partial charge in [-0.05, 0) is 51.4 Å². The maximum Gasteiger partial charge on any atom is 0.191 e. The molecule has 6 nitrogen and oxygen atoms in total. The van der Waals surface area contributed by atoms with Gasteiger partial charge in [-0.1, -0.05) is 19.3 Å². The molecule has 3 fully saturated rings. The molecule has 30 heavy (non-hydrogen) atoms. The number of hydrogen-bond donors (Lipinski definition) is 2. The Hall–Kier alpha value is -0.120. The summed E-state index contributed by atoms with van der Waals surface area (Å²) in [6, 6.07) is 0.550. The molecule has 0 spiro atoms. The first-order chi connectivity index (χ1) is 14.3. The molecule has 2 N–H and O–H groups in total. The van der Waals surface area contributed by atoms with E-state index in [4.69, 9.17) is 14.5 Å². The molecule has 1 unspecified atom stereocenters. The van der Waals surface area contributed by atoms with Crippen LogP contribution in [0.3, 0.4) is 0 Å². The molecule has 0 radical (unpaired) electrons.